The summed E-state index contributed by atoms with van der Waals surface area (Å²) < 4.78 is 23.4. The Bertz CT molecular complexity index is 821. The smallest absolute Gasteiger partial charge is 0.235 e. The van der Waals surface area contributed by atoms with Gasteiger partial charge in [0.2, 0.25) is 11.2 Å². The minimum absolute atomic E-state index is 0.00482. The van der Waals surface area contributed by atoms with Crippen molar-refractivity contribution in [2.24, 2.45) is 0 Å². The first kappa shape index (κ1) is 12.2. The molecule has 0 saturated heterocycles. The van der Waals surface area contributed by atoms with Gasteiger partial charge in [-0.1, -0.05) is 0 Å². The van der Waals surface area contributed by atoms with Crippen LogP contribution in [0, 0.1) is 5.82 Å². The van der Waals surface area contributed by atoms with Gasteiger partial charge in [0, 0.05) is 6.07 Å². The van der Waals surface area contributed by atoms with E-state index in [1.54, 1.807) is 0 Å². The van der Waals surface area contributed by atoms with E-state index in [2.05, 4.69) is 0 Å². The van der Waals surface area contributed by atoms with Crippen LogP contribution in [0.5, 0.6) is 17.2 Å². The molecule has 0 amide bonds. The lowest BCUT2D eigenvalue weighted by Crippen LogP contribution is -2.04. The third kappa shape index (κ3) is 2.21. The maximum atomic E-state index is 12.8. The number of ether oxygens (including phenoxy) is 1. The van der Waals surface area contributed by atoms with Gasteiger partial charge in [0.1, 0.15) is 29.2 Å². The predicted octanol–water partition coefficient (Wildman–Crippen LogP) is 3.43. The van der Waals surface area contributed by atoms with Crippen molar-refractivity contribution in [2.75, 3.05) is 0 Å². The van der Waals surface area contributed by atoms with Crippen molar-refractivity contribution in [3.63, 3.8) is 0 Å². The Morgan fingerprint density at radius 1 is 1.10 bits per heavy atom. The van der Waals surface area contributed by atoms with E-state index in [4.69, 9.17) is 9.15 Å². The highest BCUT2D eigenvalue weighted by Crippen LogP contribution is 2.23. The van der Waals surface area contributed by atoms with Crippen LogP contribution < -0.4 is 10.2 Å². The minimum atomic E-state index is -0.390. The van der Waals surface area contributed by atoms with E-state index in [-0.39, 0.29) is 22.5 Å². The van der Waals surface area contributed by atoms with Gasteiger partial charge in [0.05, 0.1) is 5.39 Å². The van der Waals surface area contributed by atoms with Crippen molar-refractivity contribution < 1.29 is 18.7 Å². The molecule has 0 radical (unpaired) electrons. The van der Waals surface area contributed by atoms with Crippen LogP contribution in [0.15, 0.2) is 57.9 Å². The van der Waals surface area contributed by atoms with Crippen LogP contribution in [0.25, 0.3) is 11.0 Å². The first-order valence-corrected chi connectivity index (χ1v) is 5.81. The van der Waals surface area contributed by atoms with E-state index in [0.29, 0.717) is 11.1 Å². The van der Waals surface area contributed by atoms with Crippen LogP contribution in [0.4, 0.5) is 4.39 Å². The average molecular weight is 272 g/mol. The monoisotopic (exact) mass is 272 g/mol. The zero-order chi connectivity index (χ0) is 14.1. The predicted molar refractivity (Wildman–Crippen MR) is 70.6 cm³/mol. The molecule has 3 aromatic rings. The summed E-state index contributed by atoms with van der Waals surface area (Å²) in [5.41, 5.74) is -0.1000. The van der Waals surface area contributed by atoms with Gasteiger partial charge >= 0.3 is 0 Å². The summed E-state index contributed by atoms with van der Waals surface area (Å²) in [5.74, 6) is -0.0575. The molecule has 0 spiro atoms. The van der Waals surface area contributed by atoms with Gasteiger partial charge in [-0.05, 0) is 36.4 Å². The molecule has 0 aliphatic carbocycles. The van der Waals surface area contributed by atoms with Gasteiger partial charge in [-0.15, -0.1) is 0 Å². The number of aromatic hydroxyl groups is 1. The van der Waals surface area contributed by atoms with Crippen LogP contribution in [0.2, 0.25) is 0 Å². The highest BCUT2D eigenvalue weighted by atomic mass is 19.1. The first-order valence-electron chi connectivity index (χ1n) is 5.81. The molecule has 0 saturated carbocycles. The number of hydrogen-bond donors (Lipinski definition) is 1. The lowest BCUT2D eigenvalue weighted by Gasteiger charge is -2.05. The molecule has 0 aliphatic rings. The molecule has 0 unspecified atom stereocenters. The summed E-state index contributed by atoms with van der Waals surface area (Å²) in [5, 5.41) is 9.62. The van der Waals surface area contributed by atoms with Crippen molar-refractivity contribution in [3.8, 4) is 17.2 Å². The normalized spacial score (nSPS) is 10.7. The van der Waals surface area contributed by atoms with Gasteiger partial charge in [-0.3, -0.25) is 4.79 Å². The molecular formula is C15H9FO4. The molecule has 0 bridgehead atoms. The molecule has 0 aliphatic heterocycles. The second-order valence-electron chi connectivity index (χ2n) is 4.17. The molecule has 1 aromatic heterocycles. The van der Waals surface area contributed by atoms with Crippen molar-refractivity contribution in [2.45, 2.75) is 0 Å². The standard InChI is InChI=1S/C15H9FO4/c16-9-1-4-11(5-2-9)20-14-8-19-13-7-10(17)3-6-12(13)15(14)18/h1-8,17H. The summed E-state index contributed by atoms with van der Waals surface area (Å²) in [6, 6.07) is 9.48. The minimum Gasteiger partial charge on any atom is -0.508 e. The molecule has 2 aromatic carbocycles. The van der Waals surface area contributed by atoms with Crippen molar-refractivity contribution in [3.05, 3.63) is 64.8 Å². The lowest BCUT2D eigenvalue weighted by molar-refractivity contribution is 0.448. The molecule has 0 atom stereocenters. The number of hydrogen-bond acceptors (Lipinski definition) is 4. The molecule has 1 N–H and O–H groups in total. The van der Waals surface area contributed by atoms with E-state index in [1.807, 2.05) is 0 Å². The zero-order valence-electron chi connectivity index (χ0n) is 10.2. The lowest BCUT2D eigenvalue weighted by atomic mass is 10.2. The Kier molecular flexibility index (Phi) is 2.87. The number of phenolic OH excluding ortho intramolecular Hbond substituents is 1. The Labute approximate surface area is 112 Å². The fourth-order valence-electron chi connectivity index (χ4n) is 1.80. The van der Waals surface area contributed by atoms with Gasteiger partial charge in [0.15, 0.2) is 0 Å². The number of rotatable bonds is 2. The summed E-state index contributed by atoms with van der Waals surface area (Å²) in [7, 11) is 0. The molecule has 3 rings (SSSR count). The molecule has 20 heavy (non-hydrogen) atoms. The third-order valence-electron chi connectivity index (χ3n) is 2.77. The van der Waals surface area contributed by atoms with Gasteiger partial charge < -0.3 is 14.3 Å². The maximum absolute atomic E-state index is 12.8. The molecule has 5 heteroatoms. The van der Waals surface area contributed by atoms with Crippen LogP contribution in [0.3, 0.4) is 0 Å². The topological polar surface area (TPSA) is 59.7 Å². The highest BCUT2D eigenvalue weighted by molar-refractivity contribution is 5.78. The molecule has 1 heterocycles. The Morgan fingerprint density at radius 3 is 2.60 bits per heavy atom. The number of fused-ring (bicyclic) bond motifs is 1. The zero-order valence-corrected chi connectivity index (χ0v) is 10.2. The average Bonchev–Trinajstić information content (AvgIpc) is 2.44. The summed E-state index contributed by atoms with van der Waals surface area (Å²) in [6.45, 7) is 0. The van der Waals surface area contributed by atoms with Crippen LogP contribution in [0.1, 0.15) is 0 Å². The fraction of sp³-hybridized carbons (Fsp3) is 0. The number of benzene rings is 2. The Hall–Kier alpha value is -2.82. The summed E-state index contributed by atoms with van der Waals surface area (Å²) in [6.07, 6.45) is 1.16. The van der Waals surface area contributed by atoms with Crippen molar-refractivity contribution in [1.82, 2.24) is 0 Å². The van der Waals surface area contributed by atoms with Crippen molar-refractivity contribution >= 4 is 11.0 Å². The van der Waals surface area contributed by atoms with E-state index in [9.17, 15) is 14.3 Å². The second-order valence-corrected chi connectivity index (χ2v) is 4.17. The maximum Gasteiger partial charge on any atom is 0.235 e. The largest absolute Gasteiger partial charge is 0.508 e. The summed E-state index contributed by atoms with van der Waals surface area (Å²) >= 11 is 0. The van der Waals surface area contributed by atoms with Crippen LogP contribution >= 0.6 is 0 Å². The summed E-state index contributed by atoms with van der Waals surface area (Å²) in [4.78, 5) is 12.2. The Balaban J connectivity index is 2.04. The van der Waals surface area contributed by atoms with Gasteiger partial charge in [-0.25, -0.2) is 4.39 Å². The van der Waals surface area contributed by atoms with Crippen LogP contribution in [-0.2, 0) is 0 Å². The molecule has 0 fully saturated rings. The van der Waals surface area contributed by atoms with E-state index in [1.165, 1.54) is 42.5 Å². The molecule has 100 valence electrons. The quantitative estimate of drug-likeness (QED) is 0.776. The van der Waals surface area contributed by atoms with Crippen molar-refractivity contribution in [1.29, 1.82) is 0 Å². The molecule has 4 nitrogen and oxygen atoms in total. The number of phenols is 1. The van der Waals surface area contributed by atoms with E-state index in [0.717, 1.165) is 6.26 Å². The van der Waals surface area contributed by atoms with E-state index >= 15 is 0 Å². The molecular weight excluding hydrogens is 263 g/mol. The Morgan fingerprint density at radius 2 is 1.85 bits per heavy atom. The van der Waals surface area contributed by atoms with Crippen LogP contribution in [-0.4, -0.2) is 5.11 Å². The van der Waals surface area contributed by atoms with Gasteiger partial charge in [0.25, 0.3) is 0 Å². The fourth-order valence-corrected chi connectivity index (χ4v) is 1.80. The highest BCUT2D eigenvalue weighted by Gasteiger charge is 2.09. The second kappa shape index (κ2) is 4.70. The number of halogens is 1. The first-order chi connectivity index (χ1) is 9.63. The van der Waals surface area contributed by atoms with E-state index < -0.39 is 5.82 Å². The SMILES string of the molecule is O=c1c(Oc2ccc(F)cc2)coc2cc(O)ccc12. The third-order valence-corrected chi connectivity index (χ3v) is 2.77. The van der Waals surface area contributed by atoms with Gasteiger partial charge in [-0.2, -0.15) is 0 Å².